The highest BCUT2D eigenvalue weighted by atomic mass is 19.4. The van der Waals surface area contributed by atoms with E-state index in [0.717, 1.165) is 92.2 Å². The van der Waals surface area contributed by atoms with Crippen LogP contribution in [0.25, 0.3) is 22.0 Å². The number of alkyl halides is 3. The standard InChI is InChI=1S/C29H34F3N5O/c1-3-4-11-37-20-27(23-6-8-25(9-7-23)38-29(30,31)32)26-16-22(5-10-28(26)37)18-35-12-14-36(15-13-35)19-24-17-33-21(2)34-24/h5-10,16-17,20H,3-4,11-15,18-19H2,1-2H3,(H,33,34). The molecule has 0 radical (unpaired) electrons. The first-order valence-electron chi connectivity index (χ1n) is 13.2. The van der Waals surface area contributed by atoms with Crippen LogP contribution in [0.15, 0.2) is 54.9 Å². The number of imidazole rings is 1. The molecule has 1 aliphatic heterocycles. The monoisotopic (exact) mass is 525 g/mol. The van der Waals surface area contributed by atoms with Gasteiger partial charge in [0.15, 0.2) is 0 Å². The number of hydrogen-bond donors (Lipinski definition) is 1. The first-order chi connectivity index (χ1) is 18.3. The number of ether oxygens (including phenoxy) is 1. The Balaban J connectivity index is 1.32. The average molecular weight is 526 g/mol. The SMILES string of the molecule is CCCCn1cc(-c2ccc(OC(F)(F)F)cc2)c2cc(CN3CCN(Cc4cnc(C)[nH]4)CC3)ccc21. The van der Waals surface area contributed by atoms with E-state index in [9.17, 15) is 13.2 Å². The fourth-order valence-electron chi connectivity index (χ4n) is 5.18. The van der Waals surface area contributed by atoms with Crippen LogP contribution in [0.5, 0.6) is 5.75 Å². The summed E-state index contributed by atoms with van der Waals surface area (Å²) in [5.74, 6) is 0.737. The minimum Gasteiger partial charge on any atom is -0.406 e. The van der Waals surface area contributed by atoms with Gasteiger partial charge in [0.2, 0.25) is 0 Å². The average Bonchev–Trinajstić information content (AvgIpc) is 3.46. The van der Waals surface area contributed by atoms with Gasteiger partial charge in [0.05, 0.1) is 0 Å². The number of aromatic nitrogens is 3. The van der Waals surface area contributed by atoms with E-state index in [1.54, 1.807) is 12.1 Å². The van der Waals surface area contributed by atoms with Gasteiger partial charge in [-0.25, -0.2) is 4.98 Å². The van der Waals surface area contributed by atoms with Crippen molar-refractivity contribution in [1.82, 2.24) is 24.3 Å². The molecule has 1 N–H and O–H groups in total. The third kappa shape index (κ3) is 6.39. The van der Waals surface area contributed by atoms with Gasteiger partial charge in [-0.2, -0.15) is 0 Å². The zero-order valence-corrected chi connectivity index (χ0v) is 21.9. The zero-order valence-electron chi connectivity index (χ0n) is 21.9. The van der Waals surface area contributed by atoms with Crippen molar-refractivity contribution in [3.8, 4) is 16.9 Å². The molecule has 6 nitrogen and oxygen atoms in total. The van der Waals surface area contributed by atoms with Crippen molar-refractivity contribution in [3.05, 3.63) is 71.9 Å². The van der Waals surface area contributed by atoms with Crippen LogP contribution in [-0.4, -0.2) is 56.9 Å². The maximum atomic E-state index is 12.6. The number of halogens is 3. The van der Waals surface area contributed by atoms with E-state index in [-0.39, 0.29) is 5.75 Å². The molecule has 0 amide bonds. The second-order valence-electron chi connectivity index (χ2n) is 10.1. The predicted octanol–water partition coefficient (Wildman–Crippen LogP) is 6.36. The lowest BCUT2D eigenvalue weighted by molar-refractivity contribution is -0.274. The Morgan fingerprint density at radius 2 is 1.68 bits per heavy atom. The van der Waals surface area contributed by atoms with Crippen molar-refractivity contribution in [2.24, 2.45) is 0 Å². The Morgan fingerprint density at radius 1 is 0.974 bits per heavy atom. The number of fused-ring (bicyclic) bond motifs is 1. The summed E-state index contributed by atoms with van der Waals surface area (Å²) in [4.78, 5) is 12.5. The fraction of sp³-hybridized carbons (Fsp3) is 0.414. The van der Waals surface area contributed by atoms with Crippen molar-refractivity contribution in [2.45, 2.75) is 52.7 Å². The van der Waals surface area contributed by atoms with Gasteiger partial charge in [0.1, 0.15) is 11.6 Å². The van der Waals surface area contributed by atoms with Crippen molar-refractivity contribution >= 4 is 10.9 Å². The van der Waals surface area contributed by atoms with Gasteiger partial charge in [0, 0.05) is 80.4 Å². The summed E-state index contributed by atoms with van der Waals surface area (Å²) in [6.45, 7) is 10.8. The highest BCUT2D eigenvalue weighted by molar-refractivity contribution is 5.96. The molecule has 0 saturated carbocycles. The Kier molecular flexibility index (Phi) is 7.76. The van der Waals surface area contributed by atoms with Gasteiger partial charge in [-0.3, -0.25) is 9.80 Å². The van der Waals surface area contributed by atoms with E-state index in [1.807, 2.05) is 13.1 Å². The molecule has 0 bridgehead atoms. The minimum atomic E-state index is -4.70. The highest BCUT2D eigenvalue weighted by Crippen LogP contribution is 2.34. The normalized spacial score (nSPS) is 15.4. The quantitative estimate of drug-likeness (QED) is 0.276. The Morgan fingerprint density at radius 3 is 2.32 bits per heavy atom. The van der Waals surface area contributed by atoms with Crippen LogP contribution in [0.2, 0.25) is 0 Å². The number of aryl methyl sites for hydroxylation is 2. The van der Waals surface area contributed by atoms with E-state index in [1.165, 1.54) is 17.7 Å². The number of benzene rings is 2. The van der Waals surface area contributed by atoms with E-state index >= 15 is 0 Å². The maximum absolute atomic E-state index is 12.6. The molecule has 38 heavy (non-hydrogen) atoms. The summed E-state index contributed by atoms with van der Waals surface area (Å²) in [6, 6.07) is 12.8. The zero-order chi connectivity index (χ0) is 26.7. The van der Waals surface area contributed by atoms with E-state index < -0.39 is 6.36 Å². The lowest BCUT2D eigenvalue weighted by atomic mass is 10.0. The minimum absolute atomic E-state index is 0.210. The van der Waals surface area contributed by atoms with Crippen molar-refractivity contribution in [3.63, 3.8) is 0 Å². The van der Waals surface area contributed by atoms with Crippen LogP contribution in [0.3, 0.4) is 0 Å². The highest BCUT2D eigenvalue weighted by Gasteiger charge is 2.31. The summed E-state index contributed by atoms with van der Waals surface area (Å²) < 4.78 is 44.2. The number of nitrogens with one attached hydrogen (secondary N) is 1. The van der Waals surface area contributed by atoms with Crippen LogP contribution in [0.1, 0.15) is 36.8 Å². The number of nitrogens with zero attached hydrogens (tertiary/aromatic N) is 4. The molecule has 0 unspecified atom stereocenters. The van der Waals surface area contributed by atoms with E-state index in [2.05, 4.69) is 60.4 Å². The van der Waals surface area contributed by atoms with Crippen LogP contribution in [0, 0.1) is 6.92 Å². The molecule has 1 fully saturated rings. The van der Waals surface area contributed by atoms with Crippen LogP contribution in [-0.2, 0) is 19.6 Å². The number of aromatic amines is 1. The van der Waals surface area contributed by atoms with Gasteiger partial charge in [-0.05, 0) is 48.7 Å². The van der Waals surface area contributed by atoms with Gasteiger partial charge >= 0.3 is 6.36 Å². The molecule has 2 aromatic carbocycles. The van der Waals surface area contributed by atoms with Crippen LogP contribution in [0.4, 0.5) is 13.2 Å². The Hall–Kier alpha value is -3.30. The Bertz CT molecular complexity index is 1350. The summed E-state index contributed by atoms with van der Waals surface area (Å²) in [6.07, 6.45) is 1.49. The lowest BCUT2D eigenvalue weighted by Gasteiger charge is -2.34. The molecule has 3 heterocycles. The largest absolute Gasteiger partial charge is 0.573 e. The lowest BCUT2D eigenvalue weighted by Crippen LogP contribution is -2.45. The summed E-state index contributed by atoms with van der Waals surface area (Å²) >= 11 is 0. The predicted molar refractivity (Wildman–Crippen MR) is 143 cm³/mol. The van der Waals surface area contributed by atoms with Crippen molar-refractivity contribution in [1.29, 1.82) is 0 Å². The van der Waals surface area contributed by atoms with Gasteiger partial charge < -0.3 is 14.3 Å². The third-order valence-corrected chi connectivity index (χ3v) is 7.12. The fourth-order valence-corrected chi connectivity index (χ4v) is 5.18. The first kappa shape index (κ1) is 26.3. The van der Waals surface area contributed by atoms with Gasteiger partial charge in [0.25, 0.3) is 0 Å². The van der Waals surface area contributed by atoms with Gasteiger partial charge in [-0.1, -0.05) is 31.5 Å². The molecular weight excluding hydrogens is 491 g/mol. The van der Waals surface area contributed by atoms with Crippen molar-refractivity contribution < 1.29 is 17.9 Å². The molecule has 0 spiro atoms. The van der Waals surface area contributed by atoms with Crippen molar-refractivity contribution in [2.75, 3.05) is 26.2 Å². The van der Waals surface area contributed by atoms with Crippen LogP contribution < -0.4 is 4.74 Å². The molecule has 1 aliphatic rings. The number of H-pyrrole nitrogens is 1. The van der Waals surface area contributed by atoms with Gasteiger partial charge in [-0.15, -0.1) is 13.2 Å². The smallest absolute Gasteiger partial charge is 0.406 e. The number of unbranched alkanes of at least 4 members (excludes halogenated alkanes) is 1. The third-order valence-electron chi connectivity index (χ3n) is 7.12. The molecule has 202 valence electrons. The molecule has 5 rings (SSSR count). The van der Waals surface area contributed by atoms with E-state index in [0.29, 0.717) is 0 Å². The molecule has 9 heteroatoms. The molecule has 1 saturated heterocycles. The summed E-state index contributed by atoms with van der Waals surface area (Å²) in [7, 11) is 0. The second-order valence-corrected chi connectivity index (χ2v) is 10.1. The number of rotatable bonds is 9. The Labute approximate surface area is 221 Å². The summed E-state index contributed by atoms with van der Waals surface area (Å²) in [5, 5.41) is 1.12. The summed E-state index contributed by atoms with van der Waals surface area (Å²) in [5.41, 5.74) is 5.43. The van der Waals surface area contributed by atoms with Crippen LogP contribution >= 0.6 is 0 Å². The molecule has 0 aliphatic carbocycles. The first-order valence-corrected chi connectivity index (χ1v) is 13.2. The molecule has 0 atom stereocenters. The second kappa shape index (κ2) is 11.2. The topological polar surface area (TPSA) is 49.3 Å². The molecule has 2 aromatic heterocycles. The van der Waals surface area contributed by atoms with E-state index in [4.69, 9.17) is 0 Å². The number of piperazine rings is 1. The maximum Gasteiger partial charge on any atom is 0.573 e. The molecule has 4 aromatic rings. The molecular formula is C29H34F3N5O. The number of hydrogen-bond acceptors (Lipinski definition) is 4.